The molecule has 0 bridgehead atoms. The zero-order chi connectivity index (χ0) is 12.3. The van der Waals surface area contributed by atoms with E-state index in [0.717, 1.165) is 16.7 Å². The summed E-state index contributed by atoms with van der Waals surface area (Å²) >= 11 is 6.11. The monoisotopic (exact) mass is 245 g/mol. The Kier molecular flexibility index (Phi) is 3.45. The van der Waals surface area contributed by atoms with Crippen molar-refractivity contribution in [3.63, 3.8) is 0 Å². The van der Waals surface area contributed by atoms with Crippen LogP contribution in [0.1, 0.15) is 16.7 Å². The minimum absolute atomic E-state index is 0.494. The van der Waals surface area contributed by atoms with Crippen LogP contribution in [-0.2, 0) is 0 Å². The number of halogens is 1. The number of rotatable bonds is 2. The van der Waals surface area contributed by atoms with E-state index in [2.05, 4.69) is 5.16 Å². The van der Waals surface area contributed by atoms with Crippen LogP contribution in [0.5, 0.6) is 0 Å². The van der Waals surface area contributed by atoms with E-state index in [4.69, 9.17) is 11.6 Å². The average molecular weight is 246 g/mol. The van der Waals surface area contributed by atoms with Gasteiger partial charge in [0.25, 0.3) is 0 Å². The van der Waals surface area contributed by atoms with Crippen LogP contribution in [0.2, 0.25) is 5.02 Å². The topological polar surface area (TPSA) is 32.6 Å². The van der Waals surface area contributed by atoms with Crippen molar-refractivity contribution in [2.75, 3.05) is 0 Å². The van der Waals surface area contributed by atoms with Crippen molar-refractivity contribution < 1.29 is 5.21 Å². The Labute approximate surface area is 105 Å². The highest BCUT2D eigenvalue weighted by atomic mass is 35.5. The Morgan fingerprint density at radius 2 is 1.59 bits per heavy atom. The summed E-state index contributed by atoms with van der Waals surface area (Å²) in [5, 5.41) is 13.2. The molecular formula is C14H12ClNO. The second-order valence-corrected chi connectivity index (χ2v) is 4.15. The molecule has 0 aromatic heterocycles. The fourth-order valence-corrected chi connectivity index (χ4v) is 1.97. The van der Waals surface area contributed by atoms with Crippen molar-refractivity contribution in [1.29, 1.82) is 0 Å². The first-order valence-corrected chi connectivity index (χ1v) is 5.65. The molecule has 2 aromatic rings. The highest BCUT2D eigenvalue weighted by Crippen LogP contribution is 2.21. The van der Waals surface area contributed by atoms with E-state index in [-0.39, 0.29) is 0 Å². The highest BCUT2D eigenvalue weighted by Gasteiger charge is 2.12. The minimum atomic E-state index is 0.494. The van der Waals surface area contributed by atoms with Crippen molar-refractivity contribution in [2.24, 2.45) is 5.16 Å². The zero-order valence-electron chi connectivity index (χ0n) is 9.39. The first-order valence-electron chi connectivity index (χ1n) is 5.27. The number of benzene rings is 2. The van der Waals surface area contributed by atoms with Crippen LogP contribution in [0.3, 0.4) is 0 Å². The molecule has 0 atom stereocenters. The molecule has 0 amide bonds. The molecule has 3 heteroatoms. The number of hydrogen-bond acceptors (Lipinski definition) is 2. The summed E-state index contributed by atoms with van der Waals surface area (Å²) in [5.41, 5.74) is 3.14. The normalized spacial score (nSPS) is 11.5. The van der Waals surface area contributed by atoms with Crippen LogP contribution in [0, 0.1) is 6.92 Å². The second kappa shape index (κ2) is 5.02. The molecule has 0 spiro atoms. The fourth-order valence-electron chi connectivity index (χ4n) is 1.74. The van der Waals surface area contributed by atoms with Crippen LogP contribution in [0.25, 0.3) is 0 Å². The number of nitrogens with zero attached hydrogens (tertiary/aromatic N) is 1. The lowest BCUT2D eigenvalue weighted by Crippen LogP contribution is -2.06. The molecule has 0 aliphatic heterocycles. The van der Waals surface area contributed by atoms with Crippen molar-refractivity contribution in [2.45, 2.75) is 6.92 Å². The Hall–Kier alpha value is -1.80. The molecule has 1 N–H and O–H groups in total. The Bertz CT molecular complexity index is 516. The van der Waals surface area contributed by atoms with Gasteiger partial charge < -0.3 is 5.21 Å². The molecule has 0 radical (unpaired) electrons. The minimum Gasteiger partial charge on any atom is -0.410 e. The highest BCUT2D eigenvalue weighted by molar-refractivity contribution is 6.35. The summed E-state index contributed by atoms with van der Waals surface area (Å²) in [6.07, 6.45) is 0. The van der Waals surface area contributed by atoms with Gasteiger partial charge in [-0.1, -0.05) is 59.2 Å². The first-order chi connectivity index (χ1) is 8.24. The van der Waals surface area contributed by atoms with Gasteiger partial charge in [0.2, 0.25) is 0 Å². The van der Waals surface area contributed by atoms with Gasteiger partial charge in [0.1, 0.15) is 5.71 Å². The van der Waals surface area contributed by atoms with Crippen LogP contribution in [0.15, 0.2) is 53.7 Å². The van der Waals surface area contributed by atoms with Gasteiger partial charge in [0, 0.05) is 11.1 Å². The Balaban J connectivity index is 2.57. The van der Waals surface area contributed by atoms with E-state index >= 15 is 0 Å². The molecule has 17 heavy (non-hydrogen) atoms. The van der Waals surface area contributed by atoms with Gasteiger partial charge in [-0.05, 0) is 18.6 Å². The van der Waals surface area contributed by atoms with Gasteiger partial charge in [-0.3, -0.25) is 0 Å². The van der Waals surface area contributed by atoms with Crippen LogP contribution in [0.4, 0.5) is 0 Å². The van der Waals surface area contributed by atoms with Crippen LogP contribution < -0.4 is 0 Å². The smallest absolute Gasteiger partial charge is 0.118 e. The molecule has 0 saturated carbocycles. The van der Waals surface area contributed by atoms with Crippen molar-refractivity contribution >= 4 is 17.3 Å². The number of aryl methyl sites for hydroxylation is 1. The summed E-state index contributed by atoms with van der Waals surface area (Å²) in [7, 11) is 0. The standard InChI is InChI=1S/C14H12ClNO/c1-10-6-2-3-7-11(10)14(16-17)12-8-4-5-9-13(12)15/h2-9,17H,1H3. The zero-order valence-corrected chi connectivity index (χ0v) is 10.1. The second-order valence-electron chi connectivity index (χ2n) is 3.74. The summed E-state index contributed by atoms with van der Waals surface area (Å²) < 4.78 is 0. The van der Waals surface area contributed by atoms with Gasteiger partial charge in [-0.2, -0.15) is 0 Å². The summed E-state index contributed by atoms with van der Waals surface area (Å²) in [4.78, 5) is 0. The average Bonchev–Trinajstić information content (AvgIpc) is 2.34. The fraction of sp³-hybridized carbons (Fsp3) is 0.0714. The maximum absolute atomic E-state index is 9.21. The third kappa shape index (κ3) is 2.32. The first kappa shape index (κ1) is 11.7. The van der Waals surface area contributed by atoms with E-state index < -0.39 is 0 Å². The van der Waals surface area contributed by atoms with Gasteiger partial charge in [0.05, 0.1) is 5.02 Å². The molecule has 2 aromatic carbocycles. The third-order valence-electron chi connectivity index (χ3n) is 2.63. The number of oxime groups is 1. The van der Waals surface area contributed by atoms with Gasteiger partial charge in [0.15, 0.2) is 0 Å². The van der Waals surface area contributed by atoms with E-state index in [0.29, 0.717) is 10.7 Å². The third-order valence-corrected chi connectivity index (χ3v) is 2.96. The Morgan fingerprint density at radius 3 is 2.18 bits per heavy atom. The SMILES string of the molecule is Cc1ccccc1C(=NO)c1ccccc1Cl. The van der Waals surface area contributed by atoms with Gasteiger partial charge >= 0.3 is 0 Å². The quantitative estimate of drug-likeness (QED) is 0.486. The van der Waals surface area contributed by atoms with E-state index in [9.17, 15) is 5.21 Å². The largest absolute Gasteiger partial charge is 0.410 e. The van der Waals surface area contributed by atoms with Crippen molar-refractivity contribution in [3.8, 4) is 0 Å². The van der Waals surface area contributed by atoms with E-state index in [1.54, 1.807) is 6.07 Å². The lowest BCUT2D eigenvalue weighted by molar-refractivity contribution is 0.319. The molecule has 86 valence electrons. The van der Waals surface area contributed by atoms with E-state index in [1.807, 2.05) is 49.4 Å². The summed E-state index contributed by atoms with van der Waals surface area (Å²) in [6, 6.07) is 15.1. The van der Waals surface area contributed by atoms with Gasteiger partial charge in [-0.25, -0.2) is 0 Å². The maximum atomic E-state index is 9.21. The van der Waals surface area contributed by atoms with Crippen LogP contribution in [-0.4, -0.2) is 10.9 Å². The summed E-state index contributed by atoms with van der Waals surface area (Å²) in [6.45, 7) is 1.97. The molecule has 0 heterocycles. The lowest BCUT2D eigenvalue weighted by Gasteiger charge is -2.09. The summed E-state index contributed by atoms with van der Waals surface area (Å²) in [5.74, 6) is 0. The Morgan fingerprint density at radius 1 is 1.00 bits per heavy atom. The molecular weight excluding hydrogens is 234 g/mol. The maximum Gasteiger partial charge on any atom is 0.118 e. The van der Waals surface area contributed by atoms with Gasteiger partial charge in [-0.15, -0.1) is 0 Å². The van der Waals surface area contributed by atoms with Crippen molar-refractivity contribution in [3.05, 3.63) is 70.2 Å². The van der Waals surface area contributed by atoms with E-state index in [1.165, 1.54) is 0 Å². The number of hydrogen-bond donors (Lipinski definition) is 1. The molecule has 0 unspecified atom stereocenters. The molecule has 2 rings (SSSR count). The molecule has 0 aliphatic rings. The predicted octanol–water partition coefficient (Wildman–Crippen LogP) is 3.88. The van der Waals surface area contributed by atoms with Crippen molar-refractivity contribution in [1.82, 2.24) is 0 Å². The molecule has 2 nitrogen and oxygen atoms in total. The molecule has 0 saturated heterocycles. The molecule has 0 aliphatic carbocycles. The lowest BCUT2D eigenvalue weighted by atomic mass is 9.98. The van der Waals surface area contributed by atoms with Crippen LogP contribution >= 0.6 is 11.6 Å². The predicted molar refractivity (Wildman–Crippen MR) is 70.1 cm³/mol. The molecule has 0 fully saturated rings.